The maximum atomic E-state index is 12.1. The Labute approximate surface area is 500 Å². The number of hydrogen-bond donors (Lipinski definition) is 3. The molecule has 25 heteroatoms. The van der Waals surface area contributed by atoms with Gasteiger partial charge in [0.05, 0.1) is 11.3 Å². The summed E-state index contributed by atoms with van der Waals surface area (Å²) in [5.74, 6) is -0.364. The van der Waals surface area contributed by atoms with E-state index in [2.05, 4.69) is 19.7 Å². The Bertz CT molecular complexity index is 4720. The van der Waals surface area contributed by atoms with Crippen molar-refractivity contribution in [3.05, 3.63) is 145 Å². The first-order chi connectivity index (χ1) is 41.7. The van der Waals surface area contributed by atoms with Gasteiger partial charge in [-0.2, -0.15) is 0 Å². The zero-order chi connectivity index (χ0) is 63.5. The molecule has 3 N–H and O–H groups in total. The molecule has 0 saturated heterocycles. The third kappa shape index (κ3) is 11.7. The predicted molar refractivity (Wildman–Crippen MR) is 320 cm³/mol. The molecule has 0 aliphatic rings. The second-order valence-corrected chi connectivity index (χ2v) is 22.1. The summed E-state index contributed by atoms with van der Waals surface area (Å²) in [5.41, 5.74) is 7.93. The van der Waals surface area contributed by atoms with Gasteiger partial charge in [0.1, 0.15) is 115 Å². The normalized spacial score (nSPS) is 11.6. The maximum absolute atomic E-state index is 12.1. The zero-order valence-electron chi connectivity index (χ0n) is 49.8. The SMILES string of the molecule is C=C(C)C(=O)OCCOc1ccc(-n2n3c4ccc(OC(=O)C(C)C)cc4n23)c(O)c1.C=C(C)C(=O)Oc1cc(O)c(-n2n3c4ccc(OC(=O)C(C)(C)C)cc4n23)cc1C.C=C(C)C(=O)Oc1ccc(-n2n3c4ccc(OC(=O)CC)cc4n23)c(O)c1. The summed E-state index contributed by atoms with van der Waals surface area (Å²) in [4.78, 5) is 75.4. The number of hydrogen-bond acceptors (Lipinski definition) is 16. The van der Waals surface area contributed by atoms with Gasteiger partial charge in [-0.25, -0.2) is 14.4 Å². The third-order valence-electron chi connectivity index (χ3n) is 13.5. The zero-order valence-corrected chi connectivity index (χ0v) is 49.8. The Kier molecular flexibility index (Phi) is 15.6. The van der Waals surface area contributed by atoms with E-state index in [1.807, 2.05) is 46.0 Å². The van der Waals surface area contributed by atoms with Crippen LogP contribution in [0.5, 0.6) is 51.7 Å². The van der Waals surface area contributed by atoms with Gasteiger partial charge in [0.25, 0.3) is 0 Å². The molecule has 0 bridgehead atoms. The van der Waals surface area contributed by atoms with Crippen LogP contribution in [0.25, 0.3) is 50.2 Å². The van der Waals surface area contributed by atoms with E-state index in [0.29, 0.717) is 57.6 Å². The van der Waals surface area contributed by atoms with Gasteiger partial charge in [-0.3, -0.25) is 14.4 Å². The fraction of sp³-hybridized carbons (Fsp3) is 0.238. The smallest absolute Gasteiger partial charge is 0.338 e. The van der Waals surface area contributed by atoms with Crippen LogP contribution in [-0.4, -0.2) is 107 Å². The molecule has 0 fully saturated rings. The molecule has 25 nitrogen and oxygen atoms in total. The molecule has 6 heterocycles. The van der Waals surface area contributed by atoms with E-state index in [9.17, 15) is 44.1 Å². The highest BCUT2D eigenvalue weighted by Crippen LogP contribution is 2.39. The van der Waals surface area contributed by atoms with Gasteiger partial charge in [0.2, 0.25) is 0 Å². The van der Waals surface area contributed by atoms with Gasteiger partial charge in [0.15, 0.2) is 0 Å². The summed E-state index contributed by atoms with van der Waals surface area (Å²) in [5, 5.41) is 31.3. The van der Waals surface area contributed by atoms with Crippen LogP contribution in [0, 0.1) is 18.3 Å². The van der Waals surface area contributed by atoms with Crippen molar-refractivity contribution in [2.75, 3.05) is 13.2 Å². The monoisotopic (exact) mass is 1200 g/mol. The van der Waals surface area contributed by atoms with Crippen LogP contribution in [0.4, 0.5) is 0 Å². The number of fused-ring (bicyclic) bond motifs is 12. The van der Waals surface area contributed by atoms with Gasteiger partial charge < -0.3 is 48.5 Å². The van der Waals surface area contributed by atoms with E-state index in [1.54, 1.807) is 150 Å². The van der Waals surface area contributed by atoms with Gasteiger partial charge in [-0.1, -0.05) is 40.5 Å². The summed E-state index contributed by atoms with van der Waals surface area (Å²) < 4.78 is 48.0. The van der Waals surface area contributed by atoms with Crippen molar-refractivity contribution >= 4 is 68.9 Å². The highest BCUT2D eigenvalue weighted by atomic mass is 16.6. The number of aromatic hydroxyl groups is 3. The lowest BCUT2D eigenvalue weighted by Crippen LogP contribution is -2.25. The van der Waals surface area contributed by atoms with Gasteiger partial charge in [0, 0.05) is 59.5 Å². The van der Waals surface area contributed by atoms with Crippen LogP contribution in [0.3, 0.4) is 0 Å². The first-order valence-electron chi connectivity index (χ1n) is 27.6. The molecule has 0 saturated carbocycles. The molecule has 12 rings (SSSR count). The molecule has 456 valence electrons. The molecule has 6 aromatic heterocycles. The van der Waals surface area contributed by atoms with E-state index in [1.165, 1.54) is 18.2 Å². The van der Waals surface area contributed by atoms with Crippen LogP contribution < -0.4 is 28.4 Å². The van der Waals surface area contributed by atoms with Crippen molar-refractivity contribution in [1.82, 2.24) is 42.2 Å². The number of carbonyl (C=O) groups excluding carboxylic acids is 6. The molecule has 0 atom stereocenters. The highest BCUT2D eigenvalue weighted by Gasteiger charge is 2.31. The Morgan fingerprint density at radius 2 is 0.886 bits per heavy atom. The van der Waals surface area contributed by atoms with Gasteiger partial charge >= 0.3 is 35.8 Å². The fourth-order valence-electron chi connectivity index (χ4n) is 8.70. The number of benzene rings is 6. The van der Waals surface area contributed by atoms with Gasteiger partial charge in [-0.05, 0) is 121 Å². The molecule has 0 amide bonds. The van der Waals surface area contributed by atoms with Crippen LogP contribution in [0.1, 0.15) is 74.3 Å². The van der Waals surface area contributed by atoms with E-state index in [0.717, 1.165) is 33.1 Å². The molecule has 0 radical (unpaired) electrons. The lowest BCUT2D eigenvalue weighted by Gasteiger charge is -2.16. The van der Waals surface area contributed by atoms with Gasteiger partial charge in [-0.15, -0.1) is 42.2 Å². The Morgan fingerprint density at radius 3 is 1.35 bits per heavy atom. The average Bonchev–Trinajstić information content (AvgIpc) is 1.53. The molecule has 0 aliphatic heterocycles. The fourth-order valence-corrected chi connectivity index (χ4v) is 8.70. The minimum absolute atomic E-state index is 0.0307. The van der Waals surface area contributed by atoms with Crippen LogP contribution >= 0.6 is 0 Å². The van der Waals surface area contributed by atoms with Crippen molar-refractivity contribution in [2.45, 2.75) is 75.7 Å². The summed E-state index contributed by atoms with van der Waals surface area (Å²) >= 11 is 0. The summed E-state index contributed by atoms with van der Waals surface area (Å²) in [7, 11) is 0. The molecule has 88 heavy (non-hydrogen) atoms. The minimum atomic E-state index is -0.598. The molecule has 0 unspecified atom stereocenters. The summed E-state index contributed by atoms with van der Waals surface area (Å²) in [6.45, 7) is 28.0. The summed E-state index contributed by atoms with van der Waals surface area (Å²) in [6, 6.07) is 28.8. The largest absolute Gasteiger partial charge is 0.505 e. The standard InChI is InChI=1S/C22H23N3O6.C22H23N3O5.C19H17N3O5/c1-13(2)21(27)30-10-9-29-15-5-8-18(20(26)12-15)24-23-17-7-6-16(11-19(17)25(23)24)31-22(28)14(3)4;1-12(2)20(27)30-19-11-18(26)17(9-13(19)3)25-23-15-8-7-14(10-16(15)24(23)25)29-21(28)22(4,5)6;1-4-18(24)26-12-5-7-14-16(9-12)22-20(14)21(22)15-8-6-13(10-17(15)23)27-19(25)11(2)3/h5-8,11-12,14,26H,1,9-10H2,2-4H3;7-11,26H,1H2,2-6H3;5-10,23H,2,4H2,1,3H3. The van der Waals surface area contributed by atoms with Crippen molar-refractivity contribution in [3.8, 4) is 68.8 Å². The van der Waals surface area contributed by atoms with E-state index in [4.69, 9.17) is 33.2 Å². The third-order valence-corrected chi connectivity index (χ3v) is 13.5. The maximum Gasteiger partial charge on any atom is 0.338 e. The number of nitrogens with zero attached hydrogens (tertiary/aromatic N) is 9. The molecule has 0 spiro atoms. The lowest BCUT2D eigenvalue weighted by molar-refractivity contribution is -0.143. The lowest BCUT2D eigenvalue weighted by atomic mass is 9.97. The Morgan fingerprint density at radius 1 is 0.477 bits per heavy atom. The number of phenols is 3. The number of carbonyl (C=O) groups is 6. The Hall–Kier alpha value is -11.2. The van der Waals surface area contributed by atoms with Crippen molar-refractivity contribution in [2.24, 2.45) is 11.3 Å². The second kappa shape index (κ2) is 23.0. The van der Waals surface area contributed by atoms with E-state index in [-0.39, 0.29) is 76.9 Å². The number of aromatic nitrogens is 9. The van der Waals surface area contributed by atoms with Crippen molar-refractivity contribution < 1.29 is 77.2 Å². The molecular formula is C63H63N9O16. The topological polar surface area (TPSA) is 269 Å². The van der Waals surface area contributed by atoms with E-state index >= 15 is 0 Å². The number of esters is 6. The first kappa shape index (κ1) is 59.9. The van der Waals surface area contributed by atoms with Crippen LogP contribution in [0.15, 0.2) is 140 Å². The molecule has 12 aromatic rings. The minimum Gasteiger partial charge on any atom is -0.505 e. The number of phenolic OH excluding ortho intramolecular Hbond substituents is 3. The first-order valence-corrected chi connectivity index (χ1v) is 27.6. The number of rotatable bonds is 17. The highest BCUT2D eigenvalue weighted by molar-refractivity contribution is 5.90. The van der Waals surface area contributed by atoms with Crippen LogP contribution in [0.2, 0.25) is 0 Å². The number of aryl methyl sites for hydroxylation is 1. The summed E-state index contributed by atoms with van der Waals surface area (Å²) in [6.07, 6.45) is 0.301. The molecule has 0 aliphatic carbocycles. The second-order valence-electron chi connectivity index (χ2n) is 22.1. The van der Waals surface area contributed by atoms with Crippen molar-refractivity contribution in [1.29, 1.82) is 0 Å². The molecule has 6 aromatic carbocycles. The molecular weight excluding hydrogens is 1140 g/mol. The Balaban J connectivity index is 0.000000146. The predicted octanol–water partition coefficient (Wildman–Crippen LogP) is 9.98. The van der Waals surface area contributed by atoms with Crippen molar-refractivity contribution in [3.63, 3.8) is 0 Å². The number of ether oxygens (including phenoxy) is 7. The average molecular weight is 1200 g/mol. The van der Waals surface area contributed by atoms with E-state index < -0.39 is 23.3 Å². The quantitative estimate of drug-likeness (QED) is 0.0331. The van der Waals surface area contributed by atoms with Crippen LogP contribution in [-0.2, 0) is 33.5 Å².